The van der Waals surface area contributed by atoms with Gasteiger partial charge in [-0.3, -0.25) is 0 Å². The average molecular weight is 338 g/mol. The summed E-state index contributed by atoms with van der Waals surface area (Å²) in [6.07, 6.45) is 17.4. The zero-order chi connectivity index (χ0) is 17.5. The lowest BCUT2D eigenvalue weighted by atomic mass is 9.86. The van der Waals surface area contributed by atoms with E-state index in [0.29, 0.717) is 5.92 Å². The Morgan fingerprint density at radius 3 is 2.85 bits per heavy atom. The first-order valence-corrected chi connectivity index (χ1v) is 9.41. The highest BCUT2D eigenvalue weighted by Gasteiger charge is 2.24. The Balaban J connectivity index is 1.71. The van der Waals surface area contributed by atoms with E-state index < -0.39 is 0 Å². The van der Waals surface area contributed by atoms with Gasteiger partial charge in [0.25, 0.3) is 0 Å². The third-order valence-electron chi connectivity index (χ3n) is 5.49. The Bertz CT molecular complexity index is 1060. The summed E-state index contributed by atoms with van der Waals surface area (Å²) in [5.41, 5.74) is 7.92. The smallest absolute Gasteiger partial charge is 0.0991 e. The van der Waals surface area contributed by atoms with E-state index in [1.807, 2.05) is 12.5 Å². The summed E-state index contributed by atoms with van der Waals surface area (Å²) in [7, 11) is 0. The molecular weight excluding hydrogens is 316 g/mol. The molecule has 0 N–H and O–H groups in total. The summed E-state index contributed by atoms with van der Waals surface area (Å²) in [4.78, 5) is 4.25. The van der Waals surface area contributed by atoms with Gasteiger partial charge in [-0.25, -0.2) is 4.98 Å². The molecular formula is C24H22N2. The summed E-state index contributed by atoms with van der Waals surface area (Å²) in [6.45, 7) is 2.29. The number of hydrogen-bond acceptors (Lipinski definition) is 1. The molecule has 0 radical (unpaired) electrons. The zero-order valence-corrected chi connectivity index (χ0v) is 15.0. The van der Waals surface area contributed by atoms with Crippen LogP contribution in [-0.2, 0) is 0 Å². The molecule has 0 amide bonds. The molecule has 5 rings (SSSR count). The van der Waals surface area contributed by atoms with E-state index in [2.05, 4.69) is 83.2 Å². The first kappa shape index (κ1) is 15.4. The standard InChI is InChI=1S/C24H22N2/c1-17-5-2-3-8-23(20-11-12-26-16-25-15-22(26)14-20)24(17)21-7-4-6-19(13-21)18-9-10-18/h2-8,11-18H,9-10H2,1H3. The number of hydrogen-bond donors (Lipinski definition) is 0. The Hall–Kier alpha value is -2.87. The molecule has 1 atom stereocenters. The second-order valence-electron chi connectivity index (χ2n) is 7.40. The second-order valence-corrected chi connectivity index (χ2v) is 7.40. The number of rotatable bonds is 3. The van der Waals surface area contributed by atoms with Crippen LogP contribution in [0.3, 0.4) is 0 Å². The summed E-state index contributed by atoms with van der Waals surface area (Å²) < 4.78 is 2.06. The monoisotopic (exact) mass is 338 g/mol. The van der Waals surface area contributed by atoms with Gasteiger partial charge in [0, 0.05) is 12.1 Å². The number of aromatic nitrogens is 2. The summed E-state index contributed by atoms with van der Waals surface area (Å²) in [5, 5.41) is 0. The van der Waals surface area contributed by atoms with Gasteiger partial charge < -0.3 is 4.40 Å². The van der Waals surface area contributed by atoms with Crippen LogP contribution in [0.4, 0.5) is 0 Å². The first-order chi connectivity index (χ1) is 12.8. The fourth-order valence-corrected chi connectivity index (χ4v) is 3.95. The third-order valence-corrected chi connectivity index (χ3v) is 5.49. The lowest BCUT2D eigenvalue weighted by Crippen LogP contribution is -2.00. The molecule has 1 saturated carbocycles. The van der Waals surface area contributed by atoms with Gasteiger partial charge in [-0.1, -0.05) is 55.5 Å². The Morgan fingerprint density at radius 1 is 1.04 bits per heavy atom. The van der Waals surface area contributed by atoms with Gasteiger partial charge >= 0.3 is 0 Å². The van der Waals surface area contributed by atoms with E-state index in [4.69, 9.17) is 0 Å². The van der Waals surface area contributed by atoms with Crippen molar-refractivity contribution >= 4 is 16.7 Å². The van der Waals surface area contributed by atoms with Gasteiger partial charge in [0.1, 0.15) is 0 Å². The molecule has 2 nitrogen and oxygen atoms in total. The van der Waals surface area contributed by atoms with Crippen molar-refractivity contribution in [2.24, 2.45) is 5.92 Å². The predicted octanol–water partition coefficient (Wildman–Crippen LogP) is 5.88. The van der Waals surface area contributed by atoms with Crippen molar-refractivity contribution in [1.29, 1.82) is 0 Å². The number of benzene rings is 1. The molecule has 2 heteroatoms. The topological polar surface area (TPSA) is 17.3 Å². The van der Waals surface area contributed by atoms with Crippen molar-refractivity contribution < 1.29 is 0 Å². The minimum absolute atomic E-state index is 0.371. The van der Waals surface area contributed by atoms with E-state index in [1.165, 1.54) is 40.7 Å². The highest BCUT2D eigenvalue weighted by atomic mass is 15.0. The van der Waals surface area contributed by atoms with E-state index in [9.17, 15) is 0 Å². The molecule has 128 valence electrons. The van der Waals surface area contributed by atoms with Gasteiger partial charge in [-0.2, -0.15) is 0 Å². The lowest BCUT2D eigenvalue weighted by molar-refractivity contribution is 0.966. The van der Waals surface area contributed by atoms with Crippen LogP contribution in [0.2, 0.25) is 0 Å². The van der Waals surface area contributed by atoms with Gasteiger partial charge in [-0.05, 0) is 58.7 Å². The molecule has 2 heterocycles. The molecule has 1 fully saturated rings. The first-order valence-electron chi connectivity index (χ1n) is 9.41. The van der Waals surface area contributed by atoms with E-state index in [1.54, 1.807) is 0 Å². The maximum Gasteiger partial charge on any atom is 0.0991 e. The van der Waals surface area contributed by atoms with Crippen LogP contribution in [0.25, 0.3) is 16.7 Å². The van der Waals surface area contributed by atoms with Crippen molar-refractivity contribution in [3.8, 4) is 0 Å². The molecule has 0 bridgehead atoms. The van der Waals surface area contributed by atoms with Gasteiger partial charge in [0.15, 0.2) is 0 Å². The third kappa shape index (κ3) is 2.72. The number of imidazole rings is 1. The Labute approximate surface area is 154 Å². The average Bonchev–Trinajstić information content (AvgIpc) is 3.44. The zero-order valence-electron chi connectivity index (χ0n) is 15.0. The molecule has 2 aromatic heterocycles. The Kier molecular flexibility index (Phi) is 3.63. The normalized spacial score (nSPS) is 20.0. The molecule has 0 spiro atoms. The second kappa shape index (κ2) is 6.14. The number of fused-ring (bicyclic) bond motifs is 1. The summed E-state index contributed by atoms with van der Waals surface area (Å²) in [5.74, 6) is 1.14. The minimum atomic E-state index is 0.371. The van der Waals surface area contributed by atoms with E-state index in [0.717, 1.165) is 11.4 Å². The number of nitrogens with zero attached hydrogens (tertiary/aromatic N) is 2. The van der Waals surface area contributed by atoms with Gasteiger partial charge in [0.2, 0.25) is 0 Å². The molecule has 1 aromatic carbocycles. The van der Waals surface area contributed by atoms with Gasteiger partial charge in [-0.15, -0.1) is 0 Å². The maximum absolute atomic E-state index is 4.25. The van der Waals surface area contributed by atoms with E-state index >= 15 is 0 Å². The molecule has 0 saturated heterocycles. The highest BCUT2D eigenvalue weighted by molar-refractivity contribution is 5.98. The predicted molar refractivity (Wildman–Crippen MR) is 108 cm³/mol. The summed E-state index contributed by atoms with van der Waals surface area (Å²) in [6, 6.07) is 13.6. The SMILES string of the molecule is CC1C=CC=CC(c2ccn3cncc3c2)=C1c1cccc(C2CC2)c1. The minimum Gasteiger partial charge on any atom is -0.306 e. The van der Waals surface area contributed by atoms with Crippen molar-refractivity contribution in [1.82, 2.24) is 9.38 Å². The van der Waals surface area contributed by atoms with Crippen LogP contribution in [0.15, 0.2) is 79.4 Å². The quantitative estimate of drug-likeness (QED) is 0.582. The lowest BCUT2D eigenvalue weighted by Gasteiger charge is -2.18. The van der Waals surface area contributed by atoms with Crippen molar-refractivity contribution in [3.63, 3.8) is 0 Å². The van der Waals surface area contributed by atoms with Crippen LogP contribution < -0.4 is 0 Å². The molecule has 1 unspecified atom stereocenters. The van der Waals surface area contributed by atoms with Crippen molar-refractivity contribution in [3.05, 3.63) is 96.1 Å². The van der Waals surface area contributed by atoms with Crippen LogP contribution in [-0.4, -0.2) is 9.38 Å². The number of allylic oxidation sites excluding steroid dienone is 6. The number of pyridine rings is 1. The fraction of sp³-hybridized carbons (Fsp3) is 0.208. The molecule has 3 aromatic rings. The maximum atomic E-state index is 4.25. The molecule has 2 aliphatic rings. The van der Waals surface area contributed by atoms with Crippen LogP contribution in [0.1, 0.15) is 42.4 Å². The Morgan fingerprint density at radius 2 is 1.96 bits per heavy atom. The molecule has 0 aliphatic heterocycles. The van der Waals surface area contributed by atoms with Crippen LogP contribution in [0.5, 0.6) is 0 Å². The molecule has 26 heavy (non-hydrogen) atoms. The van der Waals surface area contributed by atoms with Gasteiger partial charge in [0.05, 0.1) is 18.0 Å². The van der Waals surface area contributed by atoms with E-state index in [-0.39, 0.29) is 0 Å². The van der Waals surface area contributed by atoms with Crippen molar-refractivity contribution in [2.75, 3.05) is 0 Å². The van der Waals surface area contributed by atoms with Crippen molar-refractivity contribution in [2.45, 2.75) is 25.7 Å². The van der Waals surface area contributed by atoms with Crippen LogP contribution in [0, 0.1) is 5.92 Å². The summed E-state index contributed by atoms with van der Waals surface area (Å²) >= 11 is 0. The van der Waals surface area contributed by atoms with Crippen LogP contribution >= 0.6 is 0 Å². The molecule has 2 aliphatic carbocycles. The fourth-order valence-electron chi connectivity index (χ4n) is 3.95. The highest BCUT2D eigenvalue weighted by Crippen LogP contribution is 2.42. The largest absolute Gasteiger partial charge is 0.306 e.